The molecule has 0 unspecified atom stereocenters. The highest BCUT2D eigenvalue weighted by Crippen LogP contribution is 2.37. The SMILES string of the molecule is COC(=O)CN(C)C(=O)c1nn(-c2nc(-c3cccc(C)c3)c(C(C)C)s2)c2ccc(C)cc12. The Kier molecular flexibility index (Phi) is 6.52. The zero-order chi connectivity index (χ0) is 24.6. The quantitative estimate of drug-likeness (QED) is 0.360. The maximum Gasteiger partial charge on any atom is 0.325 e. The van der Waals surface area contributed by atoms with E-state index in [9.17, 15) is 9.59 Å². The fraction of sp³-hybridized carbons (Fsp3) is 0.308. The number of fused-ring (bicyclic) bond motifs is 1. The summed E-state index contributed by atoms with van der Waals surface area (Å²) in [6, 6.07) is 14.2. The Morgan fingerprint density at radius 1 is 1.12 bits per heavy atom. The highest BCUT2D eigenvalue weighted by molar-refractivity contribution is 7.14. The largest absolute Gasteiger partial charge is 0.468 e. The van der Waals surface area contributed by atoms with Gasteiger partial charge in [-0.2, -0.15) is 5.10 Å². The van der Waals surface area contributed by atoms with Crippen molar-refractivity contribution in [3.05, 3.63) is 64.2 Å². The van der Waals surface area contributed by atoms with E-state index in [1.807, 2.05) is 31.2 Å². The number of thiazole rings is 1. The number of aromatic nitrogens is 3. The first-order valence-electron chi connectivity index (χ1n) is 11.1. The standard InChI is InChI=1S/C26H28N4O3S/c1-15(2)24-22(18-9-7-8-16(3)12-18)27-26(34-24)30-20-11-10-17(4)13-19(20)23(28-30)25(32)29(5)14-21(31)33-6/h7-13,15H,14H2,1-6H3. The van der Waals surface area contributed by atoms with Crippen LogP contribution in [0.15, 0.2) is 42.5 Å². The second-order valence-corrected chi connectivity index (χ2v) is 9.76. The van der Waals surface area contributed by atoms with Crippen LogP contribution in [0.4, 0.5) is 0 Å². The molecule has 4 rings (SSSR count). The highest BCUT2D eigenvalue weighted by Gasteiger charge is 2.25. The predicted molar refractivity (Wildman–Crippen MR) is 135 cm³/mol. The minimum atomic E-state index is -0.486. The Bertz CT molecular complexity index is 1390. The molecule has 7 nitrogen and oxygen atoms in total. The van der Waals surface area contributed by atoms with Gasteiger partial charge in [-0.05, 0) is 38.0 Å². The number of amides is 1. The van der Waals surface area contributed by atoms with E-state index in [0.717, 1.165) is 32.6 Å². The molecule has 0 aliphatic rings. The monoisotopic (exact) mass is 476 g/mol. The van der Waals surface area contributed by atoms with Crippen LogP contribution in [0, 0.1) is 13.8 Å². The molecule has 2 aromatic carbocycles. The first-order chi connectivity index (χ1) is 16.2. The summed E-state index contributed by atoms with van der Waals surface area (Å²) in [5.74, 6) is -0.558. The smallest absolute Gasteiger partial charge is 0.325 e. The van der Waals surface area contributed by atoms with Crippen molar-refractivity contribution in [2.75, 3.05) is 20.7 Å². The van der Waals surface area contributed by atoms with Crippen LogP contribution in [-0.2, 0) is 9.53 Å². The lowest BCUT2D eigenvalue weighted by Crippen LogP contribution is -2.33. The molecular formula is C26H28N4O3S. The second kappa shape index (κ2) is 9.38. The van der Waals surface area contributed by atoms with Gasteiger partial charge in [0.25, 0.3) is 5.91 Å². The van der Waals surface area contributed by atoms with Crippen molar-refractivity contribution >= 4 is 34.1 Å². The van der Waals surface area contributed by atoms with Crippen molar-refractivity contribution in [1.82, 2.24) is 19.7 Å². The summed E-state index contributed by atoms with van der Waals surface area (Å²) in [7, 11) is 2.87. The molecule has 1 amide bonds. The van der Waals surface area contributed by atoms with Crippen LogP contribution in [0.25, 0.3) is 27.3 Å². The first-order valence-corrected chi connectivity index (χ1v) is 11.9. The number of hydrogen-bond donors (Lipinski definition) is 0. The number of methoxy groups -OCH3 is 1. The zero-order valence-electron chi connectivity index (χ0n) is 20.2. The number of esters is 1. The van der Waals surface area contributed by atoms with E-state index in [2.05, 4.69) is 39.0 Å². The molecule has 0 spiro atoms. The lowest BCUT2D eigenvalue weighted by Gasteiger charge is -2.14. The Labute approximate surface area is 203 Å². The second-order valence-electron chi connectivity index (χ2n) is 8.75. The van der Waals surface area contributed by atoms with Crippen LogP contribution in [0.2, 0.25) is 0 Å². The predicted octanol–water partition coefficient (Wildman–Crippen LogP) is 5.13. The molecule has 0 saturated heterocycles. The molecule has 0 fully saturated rings. The van der Waals surface area contributed by atoms with Crippen LogP contribution >= 0.6 is 11.3 Å². The van der Waals surface area contributed by atoms with E-state index in [4.69, 9.17) is 14.8 Å². The van der Waals surface area contributed by atoms with E-state index >= 15 is 0 Å². The van der Waals surface area contributed by atoms with Crippen LogP contribution < -0.4 is 0 Å². The number of aryl methyl sites for hydroxylation is 2. The Morgan fingerprint density at radius 3 is 2.53 bits per heavy atom. The van der Waals surface area contributed by atoms with Crippen molar-refractivity contribution in [2.45, 2.75) is 33.6 Å². The number of likely N-dealkylation sites (N-methyl/N-ethyl adjacent to an activating group) is 1. The molecule has 0 aliphatic carbocycles. The molecule has 0 radical (unpaired) electrons. The van der Waals surface area contributed by atoms with Gasteiger partial charge in [0.1, 0.15) is 6.54 Å². The summed E-state index contributed by atoms with van der Waals surface area (Å²) in [4.78, 5) is 32.4. The van der Waals surface area contributed by atoms with Crippen LogP contribution in [0.5, 0.6) is 0 Å². The van der Waals surface area contributed by atoms with Gasteiger partial charge in [-0.25, -0.2) is 9.67 Å². The summed E-state index contributed by atoms with van der Waals surface area (Å²) in [5.41, 5.74) is 5.25. The fourth-order valence-corrected chi connectivity index (χ4v) is 4.90. The molecule has 2 aromatic heterocycles. The van der Waals surface area contributed by atoms with Gasteiger partial charge < -0.3 is 9.64 Å². The minimum Gasteiger partial charge on any atom is -0.468 e. The van der Waals surface area contributed by atoms with Crippen LogP contribution in [0.1, 0.15) is 46.3 Å². The van der Waals surface area contributed by atoms with Crippen LogP contribution in [-0.4, -0.2) is 52.2 Å². The normalized spacial score (nSPS) is 11.3. The molecule has 2 heterocycles. The Balaban J connectivity index is 1.87. The lowest BCUT2D eigenvalue weighted by atomic mass is 10.0. The number of rotatable bonds is 6. The minimum absolute atomic E-state index is 0.151. The van der Waals surface area contributed by atoms with Gasteiger partial charge in [0.15, 0.2) is 5.69 Å². The molecule has 0 saturated carbocycles. The lowest BCUT2D eigenvalue weighted by molar-refractivity contribution is -0.141. The average molecular weight is 477 g/mol. The van der Waals surface area contributed by atoms with Crippen LogP contribution in [0.3, 0.4) is 0 Å². The number of carbonyl (C=O) groups is 2. The topological polar surface area (TPSA) is 77.3 Å². The van der Waals surface area contributed by atoms with Crippen molar-refractivity contribution in [3.8, 4) is 16.4 Å². The molecule has 4 aromatic rings. The molecule has 176 valence electrons. The third-order valence-electron chi connectivity index (χ3n) is 5.62. The highest BCUT2D eigenvalue weighted by atomic mass is 32.1. The van der Waals surface area contributed by atoms with E-state index in [1.165, 1.54) is 17.6 Å². The number of carbonyl (C=O) groups excluding carboxylic acids is 2. The molecule has 8 heteroatoms. The number of ether oxygens (including phenoxy) is 1. The zero-order valence-corrected chi connectivity index (χ0v) is 21.1. The third-order valence-corrected chi connectivity index (χ3v) is 6.95. The summed E-state index contributed by atoms with van der Waals surface area (Å²) in [5, 5.41) is 6.12. The van der Waals surface area contributed by atoms with E-state index in [-0.39, 0.29) is 24.1 Å². The summed E-state index contributed by atoms with van der Waals surface area (Å²) in [6.07, 6.45) is 0. The number of nitrogens with zero attached hydrogens (tertiary/aromatic N) is 4. The number of hydrogen-bond acceptors (Lipinski definition) is 6. The Morgan fingerprint density at radius 2 is 1.85 bits per heavy atom. The molecule has 0 bridgehead atoms. The van der Waals surface area contributed by atoms with Gasteiger partial charge >= 0.3 is 5.97 Å². The number of benzene rings is 2. The third kappa shape index (κ3) is 4.46. The van der Waals surface area contributed by atoms with Gasteiger partial charge in [0, 0.05) is 22.9 Å². The molecule has 0 aliphatic heterocycles. The molecule has 0 N–H and O–H groups in total. The van der Waals surface area contributed by atoms with E-state index in [0.29, 0.717) is 5.13 Å². The van der Waals surface area contributed by atoms with Gasteiger partial charge in [-0.1, -0.05) is 60.6 Å². The molecular weight excluding hydrogens is 448 g/mol. The van der Waals surface area contributed by atoms with Gasteiger partial charge in [0.2, 0.25) is 5.13 Å². The van der Waals surface area contributed by atoms with E-state index in [1.54, 1.807) is 23.1 Å². The maximum atomic E-state index is 13.2. The molecule has 0 atom stereocenters. The van der Waals surface area contributed by atoms with Gasteiger partial charge in [-0.15, -0.1) is 0 Å². The van der Waals surface area contributed by atoms with Gasteiger partial charge in [0.05, 0.1) is 18.3 Å². The average Bonchev–Trinajstić information content (AvgIpc) is 3.40. The van der Waals surface area contributed by atoms with Gasteiger partial charge in [-0.3, -0.25) is 9.59 Å². The summed E-state index contributed by atoms with van der Waals surface area (Å²) >= 11 is 1.58. The fourth-order valence-electron chi connectivity index (χ4n) is 3.85. The van der Waals surface area contributed by atoms with E-state index < -0.39 is 5.97 Å². The maximum absolute atomic E-state index is 13.2. The summed E-state index contributed by atoms with van der Waals surface area (Å²) in [6.45, 7) is 8.19. The summed E-state index contributed by atoms with van der Waals surface area (Å²) < 4.78 is 6.45. The van der Waals surface area contributed by atoms with Crippen molar-refractivity contribution in [1.29, 1.82) is 0 Å². The van der Waals surface area contributed by atoms with Crippen molar-refractivity contribution < 1.29 is 14.3 Å². The van der Waals surface area contributed by atoms with Crippen molar-refractivity contribution in [2.24, 2.45) is 0 Å². The Hall–Kier alpha value is -3.52. The van der Waals surface area contributed by atoms with Crippen molar-refractivity contribution in [3.63, 3.8) is 0 Å². The first kappa shape index (κ1) is 23.6. The molecule has 34 heavy (non-hydrogen) atoms.